The molecule has 0 aliphatic heterocycles. The summed E-state index contributed by atoms with van der Waals surface area (Å²) in [5.74, 6) is -0.329. The van der Waals surface area contributed by atoms with Crippen LogP contribution >= 0.6 is 0 Å². The zero-order valence-corrected chi connectivity index (χ0v) is 12.9. The lowest BCUT2D eigenvalue weighted by atomic mass is 9.96. The van der Waals surface area contributed by atoms with Gasteiger partial charge < -0.3 is 10.6 Å². The summed E-state index contributed by atoms with van der Waals surface area (Å²) in [6.07, 6.45) is 1.96. The molecule has 1 fully saturated rings. The Morgan fingerprint density at radius 1 is 1.27 bits per heavy atom. The van der Waals surface area contributed by atoms with Gasteiger partial charge in [0.25, 0.3) is 5.91 Å². The van der Waals surface area contributed by atoms with Gasteiger partial charge in [-0.05, 0) is 25.0 Å². The molecule has 0 heterocycles. The molecular formula is C16H23FN3O2+. The first-order valence-electron chi connectivity index (χ1n) is 7.65. The number of carbonyl (C=O) groups excluding carboxylic acids is 2. The Bertz CT molecular complexity index is 527. The average molecular weight is 308 g/mol. The number of urea groups is 1. The van der Waals surface area contributed by atoms with Crippen LogP contribution in [-0.4, -0.2) is 24.5 Å². The third-order valence-electron chi connectivity index (χ3n) is 3.70. The Hall–Kier alpha value is -1.95. The van der Waals surface area contributed by atoms with E-state index in [0.29, 0.717) is 0 Å². The van der Waals surface area contributed by atoms with Crippen molar-refractivity contribution in [3.8, 4) is 0 Å². The van der Waals surface area contributed by atoms with Crippen molar-refractivity contribution < 1.29 is 19.3 Å². The van der Waals surface area contributed by atoms with Gasteiger partial charge in [-0.3, -0.25) is 10.1 Å². The summed E-state index contributed by atoms with van der Waals surface area (Å²) in [4.78, 5) is 23.3. The van der Waals surface area contributed by atoms with Gasteiger partial charge in [0.15, 0.2) is 6.54 Å². The van der Waals surface area contributed by atoms with Crippen molar-refractivity contribution in [2.45, 2.75) is 38.8 Å². The molecule has 0 aromatic heterocycles. The first kappa shape index (κ1) is 16.4. The van der Waals surface area contributed by atoms with Gasteiger partial charge in [0.1, 0.15) is 11.9 Å². The number of imide groups is 1. The zero-order valence-electron chi connectivity index (χ0n) is 12.9. The first-order chi connectivity index (χ1) is 10.5. The van der Waals surface area contributed by atoms with E-state index < -0.39 is 6.03 Å². The predicted molar refractivity (Wildman–Crippen MR) is 80.5 cm³/mol. The van der Waals surface area contributed by atoms with Gasteiger partial charge in [0.2, 0.25) is 0 Å². The Morgan fingerprint density at radius 2 is 1.91 bits per heavy atom. The summed E-state index contributed by atoms with van der Waals surface area (Å²) < 4.78 is 13.0. The highest BCUT2D eigenvalue weighted by atomic mass is 19.1. The highest BCUT2D eigenvalue weighted by molar-refractivity contribution is 5.94. The second-order valence-corrected chi connectivity index (χ2v) is 6.06. The van der Waals surface area contributed by atoms with E-state index >= 15 is 0 Å². The number of hydrogen-bond acceptors (Lipinski definition) is 2. The van der Waals surface area contributed by atoms with Gasteiger partial charge >= 0.3 is 6.03 Å². The van der Waals surface area contributed by atoms with Crippen molar-refractivity contribution in [1.82, 2.24) is 10.6 Å². The number of carbonyl (C=O) groups is 2. The molecule has 1 aromatic carbocycles. The Labute approximate surface area is 129 Å². The van der Waals surface area contributed by atoms with E-state index in [1.807, 2.05) is 19.2 Å². The summed E-state index contributed by atoms with van der Waals surface area (Å²) >= 11 is 0. The van der Waals surface area contributed by atoms with Crippen LogP contribution in [0.4, 0.5) is 9.18 Å². The fourth-order valence-corrected chi connectivity index (χ4v) is 2.34. The minimum atomic E-state index is -0.427. The summed E-state index contributed by atoms with van der Waals surface area (Å²) in [5.41, 5.74) is 0.964. The Kier molecular flexibility index (Phi) is 5.49. The standard InChI is InChI=1S/C16H22FN3O2/c1-10(2)15(11-3-5-12(17)6-4-11)18-9-14(21)20-16(22)19-13-7-8-13/h3-6,10,13,15,18H,7-9H2,1-2H3,(H2,19,20,21,22)/p+1/t15-/m0/s1. The van der Waals surface area contributed by atoms with Crippen molar-refractivity contribution in [1.29, 1.82) is 0 Å². The van der Waals surface area contributed by atoms with Crippen molar-refractivity contribution >= 4 is 11.9 Å². The van der Waals surface area contributed by atoms with Gasteiger partial charge in [0, 0.05) is 17.5 Å². The maximum atomic E-state index is 13.0. The Morgan fingerprint density at radius 3 is 2.45 bits per heavy atom. The molecule has 1 aliphatic rings. The highest BCUT2D eigenvalue weighted by Gasteiger charge is 2.25. The van der Waals surface area contributed by atoms with Crippen LogP contribution in [0.5, 0.6) is 0 Å². The fraction of sp³-hybridized carbons (Fsp3) is 0.500. The van der Waals surface area contributed by atoms with Gasteiger partial charge in [-0.15, -0.1) is 0 Å². The number of halogens is 1. The largest absolute Gasteiger partial charge is 0.335 e. The first-order valence-corrected chi connectivity index (χ1v) is 7.65. The molecule has 0 saturated heterocycles. The molecule has 0 unspecified atom stereocenters. The lowest BCUT2D eigenvalue weighted by Gasteiger charge is -2.19. The number of rotatable bonds is 6. The SMILES string of the molecule is CC(C)[C@H]([NH2+]CC(=O)NC(=O)NC1CC1)c1ccc(F)cc1. The number of quaternary nitrogens is 1. The van der Waals surface area contributed by atoms with Crippen LogP contribution in [0.2, 0.25) is 0 Å². The van der Waals surface area contributed by atoms with Gasteiger partial charge in [0.05, 0.1) is 0 Å². The number of hydrogen-bond donors (Lipinski definition) is 3. The quantitative estimate of drug-likeness (QED) is 0.735. The molecule has 3 amide bonds. The molecule has 1 atom stereocenters. The van der Waals surface area contributed by atoms with Crippen LogP contribution in [0, 0.1) is 11.7 Å². The second-order valence-electron chi connectivity index (χ2n) is 6.06. The van der Waals surface area contributed by atoms with E-state index in [1.165, 1.54) is 12.1 Å². The van der Waals surface area contributed by atoms with Crippen LogP contribution in [0.1, 0.15) is 38.3 Å². The Balaban J connectivity index is 1.84. The molecule has 1 aliphatic carbocycles. The van der Waals surface area contributed by atoms with Crippen LogP contribution < -0.4 is 16.0 Å². The lowest BCUT2D eigenvalue weighted by molar-refractivity contribution is -0.692. The molecule has 2 rings (SSSR count). The van der Waals surface area contributed by atoms with E-state index in [1.54, 1.807) is 12.1 Å². The summed E-state index contributed by atoms with van der Waals surface area (Å²) in [5, 5.41) is 6.91. The van der Waals surface area contributed by atoms with E-state index in [0.717, 1.165) is 18.4 Å². The molecule has 0 radical (unpaired) electrons. The molecule has 4 N–H and O–H groups in total. The zero-order chi connectivity index (χ0) is 16.1. The lowest BCUT2D eigenvalue weighted by Crippen LogP contribution is -2.88. The molecule has 0 bridgehead atoms. The van der Waals surface area contributed by atoms with Gasteiger partial charge in [-0.25, -0.2) is 9.18 Å². The maximum absolute atomic E-state index is 13.0. The normalized spacial score (nSPS) is 15.5. The molecule has 6 heteroatoms. The number of benzene rings is 1. The van der Waals surface area contributed by atoms with E-state index in [-0.39, 0.29) is 36.3 Å². The highest BCUT2D eigenvalue weighted by Crippen LogP contribution is 2.18. The van der Waals surface area contributed by atoms with Gasteiger partial charge in [-0.2, -0.15) is 0 Å². The molecule has 22 heavy (non-hydrogen) atoms. The molecule has 1 saturated carbocycles. The average Bonchev–Trinajstić information content (AvgIpc) is 3.24. The monoisotopic (exact) mass is 308 g/mol. The molecular weight excluding hydrogens is 285 g/mol. The summed E-state index contributed by atoms with van der Waals surface area (Å²) in [6, 6.07) is 6.13. The predicted octanol–water partition coefficient (Wildman–Crippen LogP) is 1.07. The third kappa shape index (κ3) is 5.11. The van der Waals surface area contributed by atoms with Crippen molar-refractivity contribution in [3.05, 3.63) is 35.6 Å². The van der Waals surface area contributed by atoms with Crippen LogP contribution in [0.15, 0.2) is 24.3 Å². The minimum absolute atomic E-state index is 0.0397. The van der Waals surface area contributed by atoms with Crippen LogP contribution in [-0.2, 0) is 4.79 Å². The molecule has 0 spiro atoms. The van der Waals surface area contributed by atoms with Crippen molar-refractivity contribution in [3.63, 3.8) is 0 Å². The minimum Gasteiger partial charge on any atom is -0.335 e. The molecule has 5 nitrogen and oxygen atoms in total. The number of amides is 3. The number of nitrogens with one attached hydrogen (secondary N) is 2. The summed E-state index contributed by atoms with van der Waals surface area (Å²) in [7, 11) is 0. The van der Waals surface area contributed by atoms with E-state index in [4.69, 9.17) is 0 Å². The smallest absolute Gasteiger partial charge is 0.321 e. The van der Waals surface area contributed by atoms with Crippen LogP contribution in [0.3, 0.4) is 0 Å². The second kappa shape index (κ2) is 7.35. The molecule has 120 valence electrons. The fourth-order valence-electron chi connectivity index (χ4n) is 2.34. The van der Waals surface area contributed by atoms with Crippen LogP contribution in [0.25, 0.3) is 0 Å². The van der Waals surface area contributed by atoms with E-state index in [2.05, 4.69) is 10.6 Å². The molecule has 1 aromatic rings. The maximum Gasteiger partial charge on any atom is 0.321 e. The van der Waals surface area contributed by atoms with E-state index in [9.17, 15) is 14.0 Å². The van der Waals surface area contributed by atoms with Gasteiger partial charge in [-0.1, -0.05) is 26.0 Å². The third-order valence-corrected chi connectivity index (χ3v) is 3.70. The van der Waals surface area contributed by atoms with Crippen molar-refractivity contribution in [2.24, 2.45) is 5.92 Å². The number of nitrogens with two attached hydrogens (primary N) is 1. The summed E-state index contributed by atoms with van der Waals surface area (Å²) in [6.45, 7) is 4.24. The topological polar surface area (TPSA) is 74.8 Å². The van der Waals surface area contributed by atoms with Crippen molar-refractivity contribution in [2.75, 3.05) is 6.54 Å².